The van der Waals surface area contributed by atoms with E-state index in [0.29, 0.717) is 0 Å². The Bertz CT molecular complexity index is 558. The van der Waals surface area contributed by atoms with Crippen molar-refractivity contribution in [2.45, 2.75) is 25.9 Å². The maximum Gasteiger partial charge on any atom is 0.127 e. The minimum atomic E-state index is 0.0730. The van der Waals surface area contributed by atoms with E-state index >= 15 is 0 Å². The van der Waals surface area contributed by atoms with Crippen molar-refractivity contribution in [1.82, 2.24) is 14.9 Å². The molecule has 0 spiro atoms. The fraction of sp³-hybridized carbons (Fsp3) is 0.438. The molecule has 0 aliphatic rings. The maximum atomic E-state index is 5.50. The number of aryl methyl sites for hydroxylation is 1. The first-order chi connectivity index (χ1) is 10.2. The number of hydrogen-bond donors (Lipinski definition) is 1. The standard InChI is InChI=1S/C16H23N3O2/c1-5-19-10-9-18-15(19)11-12(17-2)16-13(20-3)7-6-8-14(16)21-4/h6-10,12,17H,5,11H2,1-4H3. The van der Waals surface area contributed by atoms with Crippen molar-refractivity contribution in [3.05, 3.63) is 42.0 Å². The van der Waals surface area contributed by atoms with E-state index in [1.807, 2.05) is 37.6 Å². The molecule has 0 fully saturated rings. The average molecular weight is 289 g/mol. The smallest absolute Gasteiger partial charge is 0.127 e. The summed E-state index contributed by atoms with van der Waals surface area (Å²) in [4.78, 5) is 4.45. The molecule has 5 nitrogen and oxygen atoms in total. The number of rotatable bonds is 7. The van der Waals surface area contributed by atoms with Crippen LogP contribution in [0.2, 0.25) is 0 Å². The summed E-state index contributed by atoms with van der Waals surface area (Å²) in [7, 11) is 5.30. The molecule has 1 heterocycles. The first kappa shape index (κ1) is 15.4. The predicted molar refractivity (Wildman–Crippen MR) is 83.0 cm³/mol. The van der Waals surface area contributed by atoms with E-state index in [9.17, 15) is 0 Å². The molecule has 0 saturated carbocycles. The lowest BCUT2D eigenvalue weighted by Gasteiger charge is -2.22. The van der Waals surface area contributed by atoms with Gasteiger partial charge >= 0.3 is 0 Å². The summed E-state index contributed by atoms with van der Waals surface area (Å²) in [5.41, 5.74) is 1.02. The third kappa shape index (κ3) is 3.19. The SMILES string of the molecule is CCn1ccnc1CC(NC)c1c(OC)cccc1OC. The number of ether oxygens (including phenoxy) is 2. The van der Waals surface area contributed by atoms with E-state index in [0.717, 1.165) is 35.9 Å². The van der Waals surface area contributed by atoms with Gasteiger partial charge in [0.2, 0.25) is 0 Å². The molecule has 0 aliphatic carbocycles. The number of likely N-dealkylation sites (N-methyl/N-ethyl adjacent to an activating group) is 1. The number of hydrogen-bond acceptors (Lipinski definition) is 4. The van der Waals surface area contributed by atoms with Crippen LogP contribution in [-0.4, -0.2) is 30.8 Å². The van der Waals surface area contributed by atoms with E-state index in [1.54, 1.807) is 14.2 Å². The van der Waals surface area contributed by atoms with E-state index in [2.05, 4.69) is 21.8 Å². The molecule has 21 heavy (non-hydrogen) atoms. The zero-order valence-corrected chi connectivity index (χ0v) is 13.1. The topological polar surface area (TPSA) is 48.3 Å². The van der Waals surface area contributed by atoms with Crippen LogP contribution in [0.3, 0.4) is 0 Å². The number of benzene rings is 1. The van der Waals surface area contributed by atoms with Crippen molar-refractivity contribution >= 4 is 0 Å². The number of aromatic nitrogens is 2. The molecule has 1 unspecified atom stereocenters. The Morgan fingerprint density at radius 1 is 1.24 bits per heavy atom. The lowest BCUT2D eigenvalue weighted by atomic mass is 10.0. The van der Waals surface area contributed by atoms with Crippen molar-refractivity contribution < 1.29 is 9.47 Å². The number of nitrogens with zero attached hydrogens (tertiary/aromatic N) is 2. The van der Waals surface area contributed by atoms with Crippen molar-refractivity contribution in [2.75, 3.05) is 21.3 Å². The molecule has 1 atom stereocenters. The Kier molecular flexibility index (Phi) is 5.22. The van der Waals surface area contributed by atoms with Gasteiger partial charge in [0.25, 0.3) is 0 Å². The van der Waals surface area contributed by atoms with Gasteiger partial charge in [-0.05, 0) is 26.1 Å². The molecule has 0 aliphatic heterocycles. The zero-order valence-electron chi connectivity index (χ0n) is 13.1. The van der Waals surface area contributed by atoms with Gasteiger partial charge in [-0.3, -0.25) is 0 Å². The Labute approximate surface area is 125 Å². The molecule has 114 valence electrons. The van der Waals surface area contributed by atoms with E-state index in [4.69, 9.17) is 9.47 Å². The normalized spacial score (nSPS) is 12.2. The van der Waals surface area contributed by atoms with Gasteiger partial charge in [-0.2, -0.15) is 0 Å². The van der Waals surface area contributed by atoms with Gasteiger partial charge in [0.05, 0.1) is 19.8 Å². The van der Waals surface area contributed by atoms with Crippen LogP contribution < -0.4 is 14.8 Å². The van der Waals surface area contributed by atoms with E-state index < -0.39 is 0 Å². The summed E-state index contributed by atoms with van der Waals surface area (Å²) < 4.78 is 13.1. The van der Waals surface area contributed by atoms with E-state index in [1.165, 1.54) is 0 Å². The third-order valence-electron chi connectivity index (χ3n) is 3.69. The zero-order chi connectivity index (χ0) is 15.2. The molecule has 0 saturated heterocycles. The lowest BCUT2D eigenvalue weighted by molar-refractivity contribution is 0.371. The van der Waals surface area contributed by atoms with Gasteiger partial charge in [-0.1, -0.05) is 6.07 Å². The van der Waals surface area contributed by atoms with Crippen LogP contribution in [0.4, 0.5) is 0 Å². The average Bonchev–Trinajstić information content (AvgIpc) is 2.99. The fourth-order valence-electron chi connectivity index (χ4n) is 2.57. The molecule has 0 bridgehead atoms. The van der Waals surface area contributed by atoms with Gasteiger partial charge in [0, 0.05) is 31.4 Å². The molecule has 1 aromatic heterocycles. The highest BCUT2D eigenvalue weighted by molar-refractivity contribution is 5.47. The van der Waals surface area contributed by atoms with Crippen molar-refractivity contribution in [3.8, 4) is 11.5 Å². The van der Waals surface area contributed by atoms with Crippen molar-refractivity contribution in [2.24, 2.45) is 0 Å². The van der Waals surface area contributed by atoms with Crippen molar-refractivity contribution in [3.63, 3.8) is 0 Å². The summed E-state index contributed by atoms with van der Waals surface area (Å²) in [6, 6.07) is 5.91. The third-order valence-corrected chi connectivity index (χ3v) is 3.69. The second-order valence-corrected chi connectivity index (χ2v) is 4.75. The van der Waals surface area contributed by atoms with Crippen LogP contribution in [0.25, 0.3) is 0 Å². The van der Waals surface area contributed by atoms with E-state index in [-0.39, 0.29) is 6.04 Å². The van der Waals surface area contributed by atoms with Crippen LogP contribution in [0.5, 0.6) is 11.5 Å². The van der Waals surface area contributed by atoms with Gasteiger partial charge in [-0.15, -0.1) is 0 Å². The van der Waals surface area contributed by atoms with Crippen LogP contribution in [0.1, 0.15) is 24.4 Å². The quantitative estimate of drug-likeness (QED) is 0.850. The van der Waals surface area contributed by atoms with Crippen LogP contribution in [0, 0.1) is 0 Å². The molecule has 5 heteroatoms. The minimum Gasteiger partial charge on any atom is -0.496 e. The van der Waals surface area contributed by atoms with Gasteiger partial charge in [-0.25, -0.2) is 4.98 Å². The first-order valence-electron chi connectivity index (χ1n) is 7.13. The van der Waals surface area contributed by atoms with Gasteiger partial charge in [0.15, 0.2) is 0 Å². The second-order valence-electron chi connectivity index (χ2n) is 4.75. The summed E-state index contributed by atoms with van der Waals surface area (Å²) in [6.45, 7) is 3.03. The summed E-state index contributed by atoms with van der Waals surface area (Å²) in [5.74, 6) is 2.69. The Balaban J connectivity index is 2.37. The van der Waals surface area contributed by atoms with Crippen LogP contribution >= 0.6 is 0 Å². The number of imidazole rings is 1. The monoisotopic (exact) mass is 289 g/mol. The highest BCUT2D eigenvalue weighted by Gasteiger charge is 2.21. The maximum absolute atomic E-state index is 5.50. The molecule has 2 rings (SSSR count). The van der Waals surface area contributed by atoms with Crippen LogP contribution in [0.15, 0.2) is 30.6 Å². The first-order valence-corrected chi connectivity index (χ1v) is 7.13. The Morgan fingerprint density at radius 2 is 1.90 bits per heavy atom. The molecule has 1 aromatic carbocycles. The van der Waals surface area contributed by atoms with Gasteiger partial charge in [0.1, 0.15) is 17.3 Å². The Morgan fingerprint density at radius 3 is 2.43 bits per heavy atom. The van der Waals surface area contributed by atoms with Gasteiger partial charge < -0.3 is 19.4 Å². The molecule has 0 radical (unpaired) electrons. The highest BCUT2D eigenvalue weighted by Crippen LogP contribution is 2.35. The highest BCUT2D eigenvalue weighted by atomic mass is 16.5. The fourth-order valence-corrected chi connectivity index (χ4v) is 2.57. The second kappa shape index (κ2) is 7.13. The molecule has 1 N–H and O–H groups in total. The summed E-state index contributed by atoms with van der Waals surface area (Å²) in [6.07, 6.45) is 4.61. The summed E-state index contributed by atoms with van der Waals surface area (Å²) in [5, 5.41) is 3.34. The molecular weight excluding hydrogens is 266 g/mol. The molecule has 0 amide bonds. The number of nitrogens with one attached hydrogen (secondary N) is 1. The minimum absolute atomic E-state index is 0.0730. The van der Waals surface area contributed by atoms with Crippen molar-refractivity contribution in [1.29, 1.82) is 0 Å². The van der Waals surface area contributed by atoms with Crippen LogP contribution in [-0.2, 0) is 13.0 Å². The predicted octanol–water partition coefficient (Wildman–Crippen LogP) is 2.42. The number of methoxy groups -OCH3 is 2. The molecular formula is C16H23N3O2. The summed E-state index contributed by atoms with van der Waals surface area (Å²) >= 11 is 0. The Hall–Kier alpha value is -2.01. The largest absolute Gasteiger partial charge is 0.496 e. The molecule has 2 aromatic rings. The lowest BCUT2D eigenvalue weighted by Crippen LogP contribution is -2.22.